The van der Waals surface area contributed by atoms with Gasteiger partial charge >= 0.3 is 0 Å². The number of carbonyl (C=O) groups excluding carboxylic acids is 1. The number of hydrogen-bond acceptors (Lipinski definition) is 4. The van der Waals surface area contributed by atoms with Gasteiger partial charge in [-0.3, -0.25) is 9.69 Å². The van der Waals surface area contributed by atoms with E-state index in [2.05, 4.69) is 97.4 Å². The average Bonchev–Trinajstić information content (AvgIpc) is 3.01. The van der Waals surface area contributed by atoms with E-state index in [4.69, 9.17) is 5.73 Å². The summed E-state index contributed by atoms with van der Waals surface area (Å²) in [5, 5.41) is 2.70. The first-order valence-electron chi connectivity index (χ1n) is 15.5. The van der Waals surface area contributed by atoms with Gasteiger partial charge in [0.25, 0.3) is 0 Å². The number of anilines is 2. The van der Waals surface area contributed by atoms with Crippen LogP contribution in [0.3, 0.4) is 0 Å². The van der Waals surface area contributed by atoms with Crippen LogP contribution in [-0.4, -0.2) is 37.5 Å². The summed E-state index contributed by atoms with van der Waals surface area (Å²) < 4.78 is 0. The topological polar surface area (TPSA) is 61.6 Å². The number of rotatable bonds is 7. The quantitative estimate of drug-likeness (QED) is 0.288. The third-order valence-corrected chi connectivity index (χ3v) is 8.47. The molecule has 0 spiro atoms. The first-order chi connectivity index (χ1) is 20.4. The summed E-state index contributed by atoms with van der Waals surface area (Å²) in [4.78, 5) is 15.7. The van der Waals surface area contributed by atoms with E-state index in [9.17, 15) is 4.79 Å². The van der Waals surface area contributed by atoms with Crippen molar-refractivity contribution in [3.05, 3.63) is 112 Å². The Morgan fingerprint density at radius 2 is 1.60 bits per heavy atom. The van der Waals surface area contributed by atoms with E-state index in [1.807, 2.05) is 18.2 Å². The fourth-order valence-electron chi connectivity index (χ4n) is 5.89. The summed E-state index contributed by atoms with van der Waals surface area (Å²) in [6.45, 7) is 14.2. The second kappa shape index (κ2) is 15.4. The van der Waals surface area contributed by atoms with Crippen molar-refractivity contribution in [3.63, 3.8) is 0 Å². The number of nitrogens with zero attached hydrogens (tertiary/aromatic N) is 2. The molecule has 3 aromatic carbocycles. The highest BCUT2D eigenvalue weighted by molar-refractivity contribution is 5.78. The summed E-state index contributed by atoms with van der Waals surface area (Å²) in [5.41, 5.74) is 18.5. The molecule has 0 unspecified atom stereocenters. The zero-order chi connectivity index (χ0) is 29.9. The first kappa shape index (κ1) is 31.1. The molecule has 1 amide bonds. The lowest BCUT2D eigenvalue weighted by Crippen LogP contribution is -2.46. The second-order valence-electron chi connectivity index (χ2n) is 11.6. The molecule has 2 fully saturated rings. The van der Waals surface area contributed by atoms with Crippen LogP contribution in [0, 0.1) is 20.8 Å². The highest BCUT2D eigenvalue weighted by atomic mass is 16.1. The molecule has 5 rings (SSSR count). The van der Waals surface area contributed by atoms with Crippen LogP contribution in [0.2, 0.25) is 0 Å². The van der Waals surface area contributed by atoms with Crippen molar-refractivity contribution in [1.29, 1.82) is 0 Å². The molecule has 0 atom stereocenters. The predicted octanol–water partition coefficient (Wildman–Crippen LogP) is 7.77. The Hall–Kier alpha value is -3.83. The maximum atomic E-state index is 10.6. The summed E-state index contributed by atoms with van der Waals surface area (Å²) in [6, 6.07) is 23.5. The lowest BCUT2D eigenvalue weighted by Gasteiger charge is -2.36. The number of nitrogens with two attached hydrogens (primary N) is 1. The molecule has 3 N–H and O–H groups in total. The molecular formula is C37H48N4O. The van der Waals surface area contributed by atoms with E-state index in [0.717, 1.165) is 74.5 Å². The molecule has 5 nitrogen and oxygen atoms in total. The number of benzene rings is 3. The number of hydrogen-bond donors (Lipinski definition) is 2. The summed E-state index contributed by atoms with van der Waals surface area (Å²) in [7, 11) is 0. The van der Waals surface area contributed by atoms with Gasteiger partial charge in [-0.05, 0) is 105 Å². The van der Waals surface area contributed by atoms with Crippen LogP contribution in [0.4, 0.5) is 11.4 Å². The SMILES string of the molecule is CC/C=C1\CCCC\C1=C(/N)c1cc(NC=O)ccc1C.Cc1ccc(N2CCN(Cc3ccccc3C)CC2)cc1. The fourth-order valence-corrected chi connectivity index (χ4v) is 5.89. The summed E-state index contributed by atoms with van der Waals surface area (Å²) in [6.07, 6.45) is 8.64. The van der Waals surface area contributed by atoms with E-state index in [1.54, 1.807) is 0 Å². The van der Waals surface area contributed by atoms with Crippen molar-refractivity contribution in [2.75, 3.05) is 36.4 Å². The van der Waals surface area contributed by atoms with Gasteiger partial charge in [-0.2, -0.15) is 0 Å². The molecule has 42 heavy (non-hydrogen) atoms. The van der Waals surface area contributed by atoms with Gasteiger partial charge in [0.2, 0.25) is 6.41 Å². The third kappa shape index (κ3) is 8.36. The van der Waals surface area contributed by atoms with Crippen LogP contribution in [0.25, 0.3) is 5.70 Å². The molecule has 3 aromatic rings. The van der Waals surface area contributed by atoms with Gasteiger partial charge < -0.3 is 16.0 Å². The minimum atomic E-state index is 0.695. The van der Waals surface area contributed by atoms with Gasteiger partial charge in [0.15, 0.2) is 0 Å². The molecule has 1 saturated heterocycles. The van der Waals surface area contributed by atoms with Crippen LogP contribution in [-0.2, 0) is 11.3 Å². The molecule has 5 heteroatoms. The minimum Gasteiger partial charge on any atom is -0.398 e. The van der Waals surface area contributed by atoms with Gasteiger partial charge in [0.1, 0.15) is 0 Å². The largest absolute Gasteiger partial charge is 0.398 e. The molecule has 0 bridgehead atoms. The van der Waals surface area contributed by atoms with Gasteiger partial charge in [-0.15, -0.1) is 0 Å². The number of allylic oxidation sites excluding steroid dienone is 3. The Labute approximate surface area is 253 Å². The zero-order valence-corrected chi connectivity index (χ0v) is 26.0. The van der Waals surface area contributed by atoms with E-state index >= 15 is 0 Å². The van der Waals surface area contributed by atoms with Crippen molar-refractivity contribution in [1.82, 2.24) is 4.90 Å². The van der Waals surface area contributed by atoms with Crippen LogP contribution >= 0.6 is 0 Å². The predicted molar refractivity (Wildman–Crippen MR) is 179 cm³/mol. The Morgan fingerprint density at radius 3 is 2.29 bits per heavy atom. The van der Waals surface area contributed by atoms with Crippen molar-refractivity contribution >= 4 is 23.5 Å². The number of piperazine rings is 1. The molecule has 1 aliphatic heterocycles. The highest BCUT2D eigenvalue weighted by Crippen LogP contribution is 2.34. The molecule has 1 heterocycles. The fraction of sp³-hybridized carbons (Fsp3) is 0.378. The van der Waals surface area contributed by atoms with Gasteiger partial charge in [-0.1, -0.05) is 61.0 Å². The number of amides is 1. The molecular weight excluding hydrogens is 516 g/mol. The molecule has 0 aromatic heterocycles. The molecule has 222 valence electrons. The Balaban J connectivity index is 0.000000193. The normalized spacial score (nSPS) is 17.8. The molecule has 1 saturated carbocycles. The van der Waals surface area contributed by atoms with Crippen molar-refractivity contribution < 1.29 is 4.79 Å². The van der Waals surface area contributed by atoms with Crippen molar-refractivity contribution in [2.24, 2.45) is 5.73 Å². The van der Waals surface area contributed by atoms with Crippen LogP contribution < -0.4 is 16.0 Å². The second-order valence-corrected chi connectivity index (χ2v) is 11.6. The van der Waals surface area contributed by atoms with Gasteiger partial charge in [0, 0.05) is 55.4 Å². The van der Waals surface area contributed by atoms with E-state index in [1.165, 1.54) is 46.4 Å². The maximum Gasteiger partial charge on any atom is 0.211 e. The van der Waals surface area contributed by atoms with Gasteiger partial charge in [0.05, 0.1) is 0 Å². The number of carbonyl (C=O) groups is 1. The zero-order valence-electron chi connectivity index (χ0n) is 26.0. The van der Waals surface area contributed by atoms with Crippen molar-refractivity contribution in [2.45, 2.75) is 66.3 Å². The van der Waals surface area contributed by atoms with Crippen LogP contribution in [0.5, 0.6) is 0 Å². The number of aryl methyl sites for hydroxylation is 3. The monoisotopic (exact) mass is 564 g/mol. The third-order valence-electron chi connectivity index (χ3n) is 8.47. The van der Waals surface area contributed by atoms with E-state index < -0.39 is 0 Å². The minimum absolute atomic E-state index is 0.695. The lowest BCUT2D eigenvalue weighted by molar-refractivity contribution is -0.105. The lowest BCUT2D eigenvalue weighted by atomic mass is 9.85. The van der Waals surface area contributed by atoms with Gasteiger partial charge in [-0.25, -0.2) is 0 Å². The van der Waals surface area contributed by atoms with E-state index in [-0.39, 0.29) is 0 Å². The van der Waals surface area contributed by atoms with Crippen molar-refractivity contribution in [3.8, 4) is 0 Å². The first-order valence-corrected chi connectivity index (χ1v) is 15.5. The number of nitrogens with one attached hydrogen (secondary N) is 1. The Morgan fingerprint density at radius 1 is 0.881 bits per heavy atom. The summed E-state index contributed by atoms with van der Waals surface area (Å²) in [5.74, 6) is 0. The standard InChI is InChI=1S/C19H24N2.C18H24N2O/c1-16-7-9-19(10-8-16)21-13-11-20(12-14-21)15-18-6-4-3-5-17(18)2;1-3-6-14-7-4-5-8-16(14)18(19)17-11-15(20-12-21)10-9-13(17)2/h3-10H,11-15H2,1-2H3;6,9-12H,3-5,7-8,19H2,1-2H3,(H,20,21)/b;14-6+,18-16+. The molecule has 2 aliphatic rings. The average molecular weight is 565 g/mol. The van der Waals surface area contributed by atoms with Crippen LogP contribution in [0.15, 0.2) is 84.0 Å². The highest BCUT2D eigenvalue weighted by Gasteiger charge is 2.18. The Kier molecular flexibility index (Phi) is 11.4. The Bertz CT molecular complexity index is 1380. The smallest absolute Gasteiger partial charge is 0.211 e. The molecule has 1 aliphatic carbocycles. The maximum absolute atomic E-state index is 10.6. The van der Waals surface area contributed by atoms with E-state index in [0.29, 0.717) is 6.41 Å². The summed E-state index contributed by atoms with van der Waals surface area (Å²) >= 11 is 0. The van der Waals surface area contributed by atoms with Crippen LogP contribution in [0.1, 0.15) is 66.8 Å². The molecule has 0 radical (unpaired) electrons.